The van der Waals surface area contributed by atoms with Crippen molar-refractivity contribution < 1.29 is 19.1 Å². The predicted molar refractivity (Wildman–Crippen MR) is 119 cm³/mol. The Hall–Kier alpha value is -2.75. The zero-order valence-electron chi connectivity index (χ0n) is 18.9. The molecule has 4 heteroatoms. The minimum atomic E-state index is -0.465. The monoisotopic (exact) mass is 418 g/mol. The Labute approximate surface area is 184 Å². The van der Waals surface area contributed by atoms with Crippen LogP contribution in [0.25, 0.3) is 0 Å². The number of carbonyl (C=O) groups excluding carboxylic acids is 3. The molecule has 3 unspecified atom stereocenters. The van der Waals surface area contributed by atoms with Crippen LogP contribution in [0.1, 0.15) is 57.8 Å². The summed E-state index contributed by atoms with van der Waals surface area (Å²) in [5.41, 5.74) is 2.21. The molecule has 1 fully saturated rings. The Kier molecular flexibility index (Phi) is 5.15. The van der Waals surface area contributed by atoms with Gasteiger partial charge in [-0.25, -0.2) is 4.79 Å². The second-order valence-corrected chi connectivity index (χ2v) is 10.1. The third kappa shape index (κ3) is 3.33. The van der Waals surface area contributed by atoms with Gasteiger partial charge in [-0.05, 0) is 36.5 Å². The lowest BCUT2D eigenvalue weighted by Crippen LogP contribution is -2.53. The van der Waals surface area contributed by atoms with Gasteiger partial charge in [0, 0.05) is 16.4 Å². The molecule has 1 saturated carbocycles. The lowest BCUT2D eigenvalue weighted by molar-refractivity contribution is -0.139. The van der Waals surface area contributed by atoms with Crippen molar-refractivity contribution in [2.24, 2.45) is 22.7 Å². The van der Waals surface area contributed by atoms with Crippen molar-refractivity contribution in [3.8, 4) is 0 Å². The lowest BCUT2D eigenvalue weighted by atomic mass is 9.50. The molecule has 3 atom stereocenters. The fraction of sp³-hybridized carbons (Fsp3) is 0.444. The van der Waals surface area contributed by atoms with E-state index in [4.69, 9.17) is 4.74 Å². The molecule has 0 spiro atoms. The Morgan fingerprint density at radius 2 is 1.74 bits per heavy atom. The first-order chi connectivity index (χ1) is 14.6. The van der Waals surface area contributed by atoms with Gasteiger partial charge in [0.25, 0.3) is 0 Å². The van der Waals surface area contributed by atoms with Crippen LogP contribution in [-0.2, 0) is 14.3 Å². The number of fused-ring (bicyclic) bond motifs is 3. The minimum absolute atomic E-state index is 0.0149. The number of Topliss-reactive ketones (excluding diaryl/α,β-unsaturated/α-hetero) is 2. The van der Waals surface area contributed by atoms with Gasteiger partial charge in [0.05, 0.1) is 11.5 Å². The van der Waals surface area contributed by atoms with Gasteiger partial charge in [-0.15, -0.1) is 0 Å². The Morgan fingerprint density at radius 3 is 2.39 bits per heavy atom. The van der Waals surface area contributed by atoms with Gasteiger partial charge in [0.2, 0.25) is 11.6 Å². The van der Waals surface area contributed by atoms with E-state index >= 15 is 0 Å². The summed E-state index contributed by atoms with van der Waals surface area (Å²) in [6.07, 6.45) is 7.02. The molecular weight excluding hydrogens is 388 g/mol. The molecule has 0 N–H and O–H groups in total. The number of esters is 1. The molecule has 0 bridgehead atoms. The summed E-state index contributed by atoms with van der Waals surface area (Å²) in [5, 5.41) is 0. The summed E-state index contributed by atoms with van der Waals surface area (Å²) in [6.45, 7) is 10.1. The van der Waals surface area contributed by atoms with E-state index in [-0.39, 0.29) is 29.6 Å². The van der Waals surface area contributed by atoms with Crippen molar-refractivity contribution in [2.75, 3.05) is 0 Å². The van der Waals surface area contributed by atoms with Crippen LogP contribution in [0.15, 0.2) is 65.3 Å². The van der Waals surface area contributed by atoms with Crippen molar-refractivity contribution in [1.29, 1.82) is 0 Å². The number of ketones is 2. The van der Waals surface area contributed by atoms with E-state index in [1.165, 1.54) is 0 Å². The van der Waals surface area contributed by atoms with E-state index < -0.39 is 16.7 Å². The van der Waals surface area contributed by atoms with E-state index in [0.29, 0.717) is 24.0 Å². The van der Waals surface area contributed by atoms with Gasteiger partial charge >= 0.3 is 5.97 Å². The Balaban J connectivity index is 1.69. The Morgan fingerprint density at radius 1 is 1.06 bits per heavy atom. The maximum atomic E-state index is 13.2. The summed E-state index contributed by atoms with van der Waals surface area (Å²) in [5.74, 6) is -1.44. The maximum Gasteiger partial charge on any atom is 0.338 e. The molecule has 0 aromatic heterocycles. The summed E-state index contributed by atoms with van der Waals surface area (Å²) >= 11 is 0. The second kappa shape index (κ2) is 7.44. The SMILES string of the molecule is CC(C)C1=CC2=CC=C3C(C)(C)C(OC(=O)c4ccccc4)CCC3(C)C2C(=O)C1=O. The highest BCUT2D eigenvalue weighted by atomic mass is 16.5. The van der Waals surface area contributed by atoms with Crippen molar-refractivity contribution in [3.05, 3.63) is 70.8 Å². The minimum Gasteiger partial charge on any atom is -0.458 e. The van der Waals surface area contributed by atoms with Gasteiger partial charge in [-0.1, -0.05) is 76.6 Å². The summed E-state index contributed by atoms with van der Waals surface area (Å²) < 4.78 is 5.95. The highest BCUT2D eigenvalue weighted by molar-refractivity contribution is 6.46. The molecule has 162 valence electrons. The first-order valence-electron chi connectivity index (χ1n) is 11.1. The number of hydrogen-bond donors (Lipinski definition) is 0. The van der Waals surface area contributed by atoms with Gasteiger partial charge in [0.1, 0.15) is 6.10 Å². The van der Waals surface area contributed by atoms with Crippen LogP contribution in [0.4, 0.5) is 0 Å². The highest BCUT2D eigenvalue weighted by Crippen LogP contribution is 2.59. The first kappa shape index (κ1) is 21.5. The molecular formula is C27H30O4. The smallest absolute Gasteiger partial charge is 0.338 e. The lowest BCUT2D eigenvalue weighted by Gasteiger charge is -2.54. The Bertz CT molecular complexity index is 1040. The molecule has 3 aliphatic carbocycles. The van der Waals surface area contributed by atoms with Crippen molar-refractivity contribution >= 4 is 17.5 Å². The van der Waals surface area contributed by atoms with E-state index in [9.17, 15) is 14.4 Å². The van der Waals surface area contributed by atoms with Crippen molar-refractivity contribution in [3.63, 3.8) is 0 Å². The van der Waals surface area contributed by atoms with Gasteiger partial charge in [0.15, 0.2) is 0 Å². The van der Waals surface area contributed by atoms with E-state index in [1.807, 2.05) is 44.2 Å². The second-order valence-electron chi connectivity index (χ2n) is 10.1. The molecule has 0 heterocycles. The number of carbonyl (C=O) groups is 3. The molecule has 3 aliphatic rings. The standard InChI is InChI=1S/C27H30O4/c1-16(2)19-15-18-11-12-20-26(3,4)21(31-25(30)17-9-7-6-8-10-17)13-14-27(20,5)22(18)24(29)23(19)28/h6-12,15-16,21-22H,13-14H2,1-5H3. The number of rotatable bonds is 3. The summed E-state index contributed by atoms with van der Waals surface area (Å²) in [6, 6.07) is 9.01. The average molecular weight is 419 g/mol. The number of ether oxygens (including phenoxy) is 1. The zero-order chi connectivity index (χ0) is 22.6. The van der Waals surface area contributed by atoms with Gasteiger partial charge in [-0.3, -0.25) is 9.59 Å². The predicted octanol–water partition coefficient (Wildman–Crippen LogP) is 5.26. The molecule has 0 radical (unpaired) electrons. The molecule has 0 amide bonds. The van der Waals surface area contributed by atoms with Crippen LogP contribution in [0.2, 0.25) is 0 Å². The fourth-order valence-corrected chi connectivity index (χ4v) is 5.68. The molecule has 4 rings (SSSR count). The molecule has 1 aromatic rings. The van der Waals surface area contributed by atoms with E-state index in [2.05, 4.69) is 26.8 Å². The van der Waals surface area contributed by atoms with Crippen LogP contribution >= 0.6 is 0 Å². The molecule has 1 aromatic carbocycles. The van der Waals surface area contributed by atoms with Gasteiger partial charge < -0.3 is 4.74 Å². The summed E-state index contributed by atoms with van der Waals surface area (Å²) in [7, 11) is 0. The molecule has 4 nitrogen and oxygen atoms in total. The number of benzene rings is 1. The van der Waals surface area contributed by atoms with Crippen LogP contribution in [0.3, 0.4) is 0 Å². The fourth-order valence-electron chi connectivity index (χ4n) is 5.68. The molecule has 31 heavy (non-hydrogen) atoms. The largest absolute Gasteiger partial charge is 0.458 e. The third-order valence-electron chi connectivity index (χ3n) is 7.40. The number of allylic oxidation sites excluding steroid dienone is 5. The van der Waals surface area contributed by atoms with Gasteiger partial charge in [-0.2, -0.15) is 0 Å². The van der Waals surface area contributed by atoms with Crippen LogP contribution in [-0.4, -0.2) is 23.6 Å². The first-order valence-corrected chi connectivity index (χ1v) is 11.1. The topological polar surface area (TPSA) is 60.4 Å². The zero-order valence-corrected chi connectivity index (χ0v) is 18.9. The van der Waals surface area contributed by atoms with Crippen molar-refractivity contribution in [2.45, 2.75) is 53.6 Å². The third-order valence-corrected chi connectivity index (χ3v) is 7.40. The molecule has 0 aliphatic heterocycles. The maximum absolute atomic E-state index is 13.2. The number of hydrogen-bond acceptors (Lipinski definition) is 4. The normalized spacial score (nSPS) is 29.4. The van der Waals surface area contributed by atoms with Crippen LogP contribution < -0.4 is 0 Å². The van der Waals surface area contributed by atoms with Crippen LogP contribution in [0, 0.1) is 22.7 Å². The quantitative estimate of drug-likeness (QED) is 0.497. The van der Waals surface area contributed by atoms with E-state index in [1.54, 1.807) is 12.1 Å². The van der Waals surface area contributed by atoms with Crippen molar-refractivity contribution in [1.82, 2.24) is 0 Å². The van der Waals surface area contributed by atoms with E-state index in [0.717, 1.165) is 11.1 Å². The highest BCUT2D eigenvalue weighted by Gasteiger charge is 2.57. The summed E-state index contributed by atoms with van der Waals surface area (Å²) in [4.78, 5) is 38.8. The van der Waals surface area contributed by atoms with Crippen LogP contribution in [0.5, 0.6) is 0 Å². The average Bonchev–Trinajstić information content (AvgIpc) is 2.72. The molecule has 0 saturated heterocycles.